The maximum atomic E-state index is 12.7. The first-order valence-corrected chi connectivity index (χ1v) is 7.55. The van der Waals surface area contributed by atoms with E-state index in [-0.39, 0.29) is 0 Å². The van der Waals surface area contributed by atoms with Gasteiger partial charge in [0.1, 0.15) is 5.75 Å². The molecule has 1 heterocycles. The van der Waals surface area contributed by atoms with E-state index in [1.54, 1.807) is 49.6 Å². The molecular formula is C18H18N2O5. The van der Waals surface area contributed by atoms with E-state index in [2.05, 4.69) is 10.6 Å². The molecule has 130 valence electrons. The maximum absolute atomic E-state index is 12.7. The van der Waals surface area contributed by atoms with Crippen molar-refractivity contribution < 1.29 is 23.8 Å². The zero-order valence-electron chi connectivity index (χ0n) is 14.1. The molecule has 0 saturated carbocycles. The minimum atomic E-state index is -1.36. The molecule has 0 aliphatic carbocycles. The summed E-state index contributed by atoms with van der Waals surface area (Å²) < 4.78 is 15.7. The lowest BCUT2D eigenvalue weighted by Crippen LogP contribution is -2.44. The summed E-state index contributed by atoms with van der Waals surface area (Å²) in [7, 11) is 4.60. The summed E-state index contributed by atoms with van der Waals surface area (Å²) in [4.78, 5) is 24.6. The van der Waals surface area contributed by atoms with Gasteiger partial charge in [-0.05, 0) is 35.4 Å². The molecule has 0 radical (unpaired) electrons. The SMILES string of the molecule is COc1ccc(C2(c3ccc(OC)c(OC)c3)NC(=O)NC2=O)cc1. The zero-order valence-corrected chi connectivity index (χ0v) is 14.1. The monoisotopic (exact) mass is 342 g/mol. The molecular weight excluding hydrogens is 324 g/mol. The minimum absolute atomic E-state index is 0.460. The Bertz CT molecular complexity index is 819. The van der Waals surface area contributed by atoms with Gasteiger partial charge in [-0.25, -0.2) is 4.79 Å². The van der Waals surface area contributed by atoms with Gasteiger partial charge in [-0.2, -0.15) is 0 Å². The molecule has 1 unspecified atom stereocenters. The van der Waals surface area contributed by atoms with Crippen LogP contribution in [0.15, 0.2) is 42.5 Å². The summed E-state index contributed by atoms with van der Waals surface area (Å²) in [6.07, 6.45) is 0. The summed E-state index contributed by atoms with van der Waals surface area (Å²) in [5.41, 5.74) is -0.203. The van der Waals surface area contributed by atoms with Gasteiger partial charge in [0.15, 0.2) is 17.0 Å². The van der Waals surface area contributed by atoms with Crippen LogP contribution in [-0.4, -0.2) is 33.3 Å². The number of amides is 3. The Hall–Kier alpha value is -3.22. The smallest absolute Gasteiger partial charge is 0.322 e. The molecule has 3 rings (SSSR count). The molecule has 2 aromatic carbocycles. The number of imide groups is 1. The highest BCUT2D eigenvalue weighted by Crippen LogP contribution is 2.38. The maximum Gasteiger partial charge on any atom is 0.322 e. The number of rotatable bonds is 5. The number of urea groups is 1. The molecule has 3 amide bonds. The Morgan fingerprint density at radius 2 is 1.44 bits per heavy atom. The third kappa shape index (κ3) is 2.63. The van der Waals surface area contributed by atoms with Crippen molar-refractivity contribution in [3.05, 3.63) is 53.6 Å². The molecule has 7 heteroatoms. The lowest BCUT2D eigenvalue weighted by atomic mass is 9.82. The quantitative estimate of drug-likeness (QED) is 0.809. The Kier molecular flexibility index (Phi) is 4.22. The van der Waals surface area contributed by atoms with Gasteiger partial charge in [0.05, 0.1) is 21.3 Å². The second-order valence-electron chi connectivity index (χ2n) is 5.46. The second-order valence-corrected chi connectivity index (χ2v) is 5.46. The van der Waals surface area contributed by atoms with Crippen molar-refractivity contribution in [3.63, 3.8) is 0 Å². The normalized spacial score (nSPS) is 19.2. The van der Waals surface area contributed by atoms with Gasteiger partial charge in [-0.1, -0.05) is 18.2 Å². The van der Waals surface area contributed by atoms with Crippen LogP contribution in [-0.2, 0) is 10.3 Å². The van der Waals surface area contributed by atoms with E-state index >= 15 is 0 Å². The van der Waals surface area contributed by atoms with Crippen LogP contribution in [0, 0.1) is 0 Å². The van der Waals surface area contributed by atoms with E-state index in [9.17, 15) is 9.59 Å². The highest BCUT2D eigenvalue weighted by molar-refractivity contribution is 6.09. The number of hydrogen-bond donors (Lipinski definition) is 2. The molecule has 2 N–H and O–H groups in total. The Balaban J connectivity index is 2.19. The van der Waals surface area contributed by atoms with E-state index in [0.717, 1.165) is 0 Å². The topological polar surface area (TPSA) is 85.9 Å². The van der Waals surface area contributed by atoms with E-state index in [0.29, 0.717) is 28.4 Å². The Labute approximate surface area is 144 Å². The predicted molar refractivity (Wildman–Crippen MR) is 90.0 cm³/mol. The van der Waals surface area contributed by atoms with Crippen molar-refractivity contribution in [2.24, 2.45) is 0 Å². The number of carbonyl (C=O) groups is 2. The predicted octanol–water partition coefficient (Wildman–Crippen LogP) is 1.80. The lowest BCUT2D eigenvalue weighted by molar-refractivity contribution is -0.122. The Morgan fingerprint density at radius 3 is 1.96 bits per heavy atom. The lowest BCUT2D eigenvalue weighted by Gasteiger charge is -2.28. The van der Waals surface area contributed by atoms with Gasteiger partial charge in [-0.15, -0.1) is 0 Å². The number of benzene rings is 2. The summed E-state index contributed by atoms with van der Waals surface area (Å²) >= 11 is 0. The van der Waals surface area contributed by atoms with Gasteiger partial charge < -0.3 is 19.5 Å². The summed E-state index contributed by atoms with van der Waals surface area (Å²) in [6.45, 7) is 0. The van der Waals surface area contributed by atoms with Gasteiger partial charge in [0.2, 0.25) is 0 Å². The van der Waals surface area contributed by atoms with Crippen molar-refractivity contribution in [1.29, 1.82) is 0 Å². The fourth-order valence-corrected chi connectivity index (χ4v) is 2.94. The van der Waals surface area contributed by atoms with Crippen molar-refractivity contribution in [2.45, 2.75) is 5.54 Å². The van der Waals surface area contributed by atoms with Crippen LogP contribution in [0.25, 0.3) is 0 Å². The molecule has 7 nitrogen and oxygen atoms in total. The van der Waals surface area contributed by atoms with Crippen molar-refractivity contribution in [3.8, 4) is 17.2 Å². The third-order valence-corrected chi connectivity index (χ3v) is 4.21. The first-order chi connectivity index (χ1) is 12.0. The summed E-state index contributed by atoms with van der Waals surface area (Å²) in [5.74, 6) is 1.17. The van der Waals surface area contributed by atoms with Gasteiger partial charge in [-0.3, -0.25) is 10.1 Å². The fourth-order valence-electron chi connectivity index (χ4n) is 2.94. The van der Waals surface area contributed by atoms with Crippen molar-refractivity contribution in [1.82, 2.24) is 10.6 Å². The van der Waals surface area contributed by atoms with Gasteiger partial charge >= 0.3 is 6.03 Å². The van der Waals surface area contributed by atoms with Crippen LogP contribution < -0.4 is 24.8 Å². The molecule has 1 saturated heterocycles. The molecule has 1 atom stereocenters. The molecule has 25 heavy (non-hydrogen) atoms. The van der Waals surface area contributed by atoms with Crippen molar-refractivity contribution in [2.75, 3.05) is 21.3 Å². The van der Waals surface area contributed by atoms with Crippen molar-refractivity contribution >= 4 is 11.9 Å². The zero-order chi connectivity index (χ0) is 18.0. The number of nitrogens with one attached hydrogen (secondary N) is 2. The average molecular weight is 342 g/mol. The molecule has 2 aromatic rings. The third-order valence-electron chi connectivity index (χ3n) is 4.21. The fraction of sp³-hybridized carbons (Fsp3) is 0.222. The van der Waals surface area contributed by atoms with E-state index in [1.165, 1.54) is 14.2 Å². The van der Waals surface area contributed by atoms with Gasteiger partial charge in [0.25, 0.3) is 5.91 Å². The van der Waals surface area contributed by atoms with Crippen LogP contribution in [0.5, 0.6) is 17.2 Å². The molecule has 0 bridgehead atoms. The van der Waals surface area contributed by atoms with Crippen LogP contribution in [0.3, 0.4) is 0 Å². The minimum Gasteiger partial charge on any atom is -0.497 e. The second kappa shape index (κ2) is 6.35. The number of methoxy groups -OCH3 is 3. The standard InChI is InChI=1S/C18H18N2O5/c1-23-13-7-4-11(5-8-13)18(16(21)19-17(22)20-18)12-6-9-14(24-2)15(10-12)25-3/h4-10H,1-3H3,(H2,19,20,21,22). The highest BCUT2D eigenvalue weighted by atomic mass is 16.5. The van der Waals surface area contributed by atoms with E-state index in [4.69, 9.17) is 14.2 Å². The van der Waals surface area contributed by atoms with Gasteiger partial charge in [0, 0.05) is 0 Å². The molecule has 1 aliphatic rings. The first-order valence-electron chi connectivity index (χ1n) is 7.55. The number of carbonyl (C=O) groups excluding carboxylic acids is 2. The van der Waals surface area contributed by atoms with Crippen LogP contribution in [0.4, 0.5) is 4.79 Å². The highest BCUT2D eigenvalue weighted by Gasteiger charge is 2.49. The molecule has 1 fully saturated rings. The first kappa shape index (κ1) is 16.6. The number of hydrogen-bond acceptors (Lipinski definition) is 5. The van der Waals surface area contributed by atoms with E-state index in [1.807, 2.05) is 0 Å². The molecule has 0 aromatic heterocycles. The van der Waals surface area contributed by atoms with E-state index < -0.39 is 17.5 Å². The summed E-state index contributed by atoms with van der Waals surface area (Å²) in [5, 5.41) is 5.05. The number of ether oxygens (including phenoxy) is 3. The molecule has 0 spiro atoms. The summed E-state index contributed by atoms with van der Waals surface area (Å²) in [6, 6.07) is 11.5. The largest absolute Gasteiger partial charge is 0.497 e. The van der Waals surface area contributed by atoms with Crippen LogP contribution in [0.1, 0.15) is 11.1 Å². The Morgan fingerprint density at radius 1 is 0.800 bits per heavy atom. The van der Waals surface area contributed by atoms with Crippen LogP contribution >= 0.6 is 0 Å². The molecule has 1 aliphatic heterocycles. The average Bonchev–Trinajstić information content (AvgIpc) is 2.96. The van der Waals surface area contributed by atoms with Crippen LogP contribution in [0.2, 0.25) is 0 Å².